The fourth-order valence-corrected chi connectivity index (χ4v) is 5.50. The van der Waals surface area contributed by atoms with Crippen LogP contribution in [0.5, 0.6) is 0 Å². The largest absolute Gasteiger partial charge is 0.465 e. The average molecular weight is 553 g/mol. The van der Waals surface area contributed by atoms with Crippen LogP contribution in [0.3, 0.4) is 0 Å². The van der Waals surface area contributed by atoms with Crippen LogP contribution in [-0.4, -0.2) is 64.7 Å². The zero-order chi connectivity index (χ0) is 24.4. The number of piperazine rings is 1. The zero-order valence-electron chi connectivity index (χ0n) is 19.1. The molecule has 1 fully saturated rings. The summed E-state index contributed by atoms with van der Waals surface area (Å²) < 4.78 is 22.3. The van der Waals surface area contributed by atoms with Crippen LogP contribution in [0.2, 0.25) is 0 Å². The number of thiophene rings is 1. The van der Waals surface area contributed by atoms with Gasteiger partial charge < -0.3 is 9.64 Å². The molecule has 0 radical (unpaired) electrons. The molecular formula is C23H26BrFN4O4S. The molecule has 1 aliphatic heterocycles. The Morgan fingerprint density at radius 2 is 1.85 bits per heavy atom. The molecule has 0 spiro atoms. The minimum Gasteiger partial charge on any atom is -0.465 e. The first-order valence-electron chi connectivity index (χ1n) is 11.0. The van der Waals surface area contributed by atoms with E-state index >= 15 is 0 Å². The number of halogens is 2. The summed E-state index contributed by atoms with van der Waals surface area (Å²) in [5.41, 5.74) is -0.957. The quantitative estimate of drug-likeness (QED) is 0.419. The van der Waals surface area contributed by atoms with Crippen LogP contribution in [0, 0.1) is 5.82 Å². The van der Waals surface area contributed by atoms with Gasteiger partial charge in [-0.25, -0.2) is 9.18 Å². The molecule has 0 unspecified atom stereocenters. The first kappa shape index (κ1) is 24.8. The average Bonchev–Trinajstić information content (AvgIpc) is 3.21. The normalized spacial score (nSPS) is 15.2. The van der Waals surface area contributed by atoms with Gasteiger partial charge in [-0.1, -0.05) is 22.0 Å². The summed E-state index contributed by atoms with van der Waals surface area (Å²) in [6, 6.07) is 6.25. The number of aromatic nitrogens is 2. The SMILES string of the molecule is CCOC(=O)Cn1c(=O)n(Cc2ccc(Br)cc2F)c(=O)c2cc(CN3CCN(C)CC3)sc21. The van der Waals surface area contributed by atoms with E-state index in [0.29, 0.717) is 21.2 Å². The van der Waals surface area contributed by atoms with E-state index in [1.165, 1.54) is 28.0 Å². The number of carbonyl (C=O) groups excluding carboxylic acids is 1. The maximum atomic E-state index is 14.5. The van der Waals surface area contributed by atoms with Crippen LogP contribution >= 0.6 is 27.3 Å². The van der Waals surface area contributed by atoms with Crippen LogP contribution in [0.25, 0.3) is 10.2 Å². The number of hydrogen-bond acceptors (Lipinski definition) is 7. The molecule has 0 atom stereocenters. The van der Waals surface area contributed by atoms with Gasteiger partial charge in [-0.15, -0.1) is 11.3 Å². The molecule has 0 aliphatic carbocycles. The van der Waals surface area contributed by atoms with Gasteiger partial charge in [0.05, 0.1) is 18.5 Å². The van der Waals surface area contributed by atoms with Crippen molar-refractivity contribution in [1.29, 1.82) is 0 Å². The maximum Gasteiger partial charge on any atom is 0.332 e. The highest BCUT2D eigenvalue weighted by atomic mass is 79.9. The van der Waals surface area contributed by atoms with Crippen LogP contribution in [0.1, 0.15) is 17.4 Å². The molecule has 0 amide bonds. The van der Waals surface area contributed by atoms with Crippen molar-refractivity contribution in [3.05, 3.63) is 65.8 Å². The monoisotopic (exact) mass is 552 g/mol. The topological polar surface area (TPSA) is 76.8 Å². The summed E-state index contributed by atoms with van der Waals surface area (Å²) in [5.74, 6) is -1.10. The Morgan fingerprint density at radius 3 is 2.53 bits per heavy atom. The summed E-state index contributed by atoms with van der Waals surface area (Å²) in [5, 5.41) is 0.343. The summed E-state index contributed by atoms with van der Waals surface area (Å²) in [7, 11) is 2.08. The molecule has 2 aromatic heterocycles. The maximum absolute atomic E-state index is 14.5. The summed E-state index contributed by atoms with van der Waals surface area (Å²) in [6.45, 7) is 5.71. The Bertz CT molecular complexity index is 1330. The molecule has 0 saturated carbocycles. The van der Waals surface area contributed by atoms with Gasteiger partial charge in [-0.2, -0.15) is 0 Å². The third-order valence-corrected chi connectivity index (χ3v) is 7.49. The van der Waals surface area contributed by atoms with Crippen LogP contribution in [0.4, 0.5) is 4.39 Å². The van der Waals surface area contributed by atoms with E-state index < -0.39 is 23.0 Å². The van der Waals surface area contributed by atoms with Gasteiger partial charge in [0, 0.05) is 47.6 Å². The van der Waals surface area contributed by atoms with Crippen molar-refractivity contribution in [2.24, 2.45) is 0 Å². The zero-order valence-corrected chi connectivity index (χ0v) is 21.5. The highest BCUT2D eigenvalue weighted by Crippen LogP contribution is 2.24. The molecule has 8 nitrogen and oxygen atoms in total. The van der Waals surface area contributed by atoms with E-state index in [-0.39, 0.29) is 25.3 Å². The predicted molar refractivity (Wildman–Crippen MR) is 133 cm³/mol. The summed E-state index contributed by atoms with van der Waals surface area (Å²) in [4.78, 5) is 44.9. The lowest BCUT2D eigenvalue weighted by Crippen LogP contribution is -2.43. The molecule has 0 N–H and O–H groups in total. The highest BCUT2D eigenvalue weighted by molar-refractivity contribution is 9.10. The molecule has 11 heteroatoms. The third kappa shape index (κ3) is 5.32. The first-order chi connectivity index (χ1) is 16.3. The number of benzene rings is 1. The highest BCUT2D eigenvalue weighted by Gasteiger charge is 2.21. The van der Waals surface area contributed by atoms with Crippen molar-refractivity contribution in [2.75, 3.05) is 39.8 Å². The van der Waals surface area contributed by atoms with Gasteiger partial charge in [0.1, 0.15) is 17.2 Å². The molecule has 182 valence electrons. The van der Waals surface area contributed by atoms with Gasteiger partial charge in [0.25, 0.3) is 5.56 Å². The number of nitrogens with zero attached hydrogens (tertiary/aromatic N) is 4. The smallest absolute Gasteiger partial charge is 0.332 e. The predicted octanol–water partition coefficient (Wildman–Crippen LogP) is 2.49. The number of hydrogen-bond donors (Lipinski definition) is 0. The molecule has 4 rings (SSSR count). The van der Waals surface area contributed by atoms with Crippen molar-refractivity contribution in [3.8, 4) is 0 Å². The van der Waals surface area contributed by atoms with Crippen molar-refractivity contribution >= 4 is 43.5 Å². The summed E-state index contributed by atoms with van der Waals surface area (Å²) in [6.07, 6.45) is 0. The number of carbonyl (C=O) groups is 1. The molecule has 1 aliphatic rings. The lowest BCUT2D eigenvalue weighted by Gasteiger charge is -2.31. The molecule has 1 saturated heterocycles. The van der Waals surface area contributed by atoms with Crippen LogP contribution in [0.15, 0.2) is 38.3 Å². The second-order valence-corrected chi connectivity index (χ2v) is 10.3. The van der Waals surface area contributed by atoms with Crippen molar-refractivity contribution in [2.45, 2.75) is 26.6 Å². The van der Waals surface area contributed by atoms with E-state index in [1.807, 2.05) is 0 Å². The Kier molecular flexibility index (Phi) is 7.66. The number of ether oxygens (including phenoxy) is 1. The Balaban J connectivity index is 1.77. The molecule has 3 aromatic rings. The minimum absolute atomic E-state index is 0.180. The number of rotatable bonds is 7. The molecular weight excluding hydrogens is 527 g/mol. The van der Waals surface area contributed by atoms with Gasteiger partial charge in [-0.05, 0) is 32.2 Å². The third-order valence-electron chi connectivity index (χ3n) is 5.86. The van der Waals surface area contributed by atoms with E-state index in [0.717, 1.165) is 35.6 Å². The van der Waals surface area contributed by atoms with Gasteiger partial charge in [-0.3, -0.25) is 23.6 Å². The van der Waals surface area contributed by atoms with E-state index in [9.17, 15) is 18.8 Å². The standard InChI is InChI=1S/C23H26BrFN4O4S/c1-3-33-20(30)14-29-22-18(11-17(34-22)13-27-8-6-26(2)7-9-27)21(31)28(23(29)32)12-15-4-5-16(24)10-19(15)25/h4-5,10-11H,3,6-9,12-14H2,1-2H3. The van der Waals surface area contributed by atoms with Crippen LogP contribution < -0.4 is 11.2 Å². The fraction of sp³-hybridized carbons (Fsp3) is 0.435. The number of esters is 1. The lowest BCUT2D eigenvalue weighted by molar-refractivity contribution is -0.143. The van der Waals surface area contributed by atoms with E-state index in [1.54, 1.807) is 19.1 Å². The van der Waals surface area contributed by atoms with E-state index in [2.05, 4.69) is 32.8 Å². The second kappa shape index (κ2) is 10.5. The lowest BCUT2D eigenvalue weighted by atomic mass is 10.2. The van der Waals surface area contributed by atoms with E-state index in [4.69, 9.17) is 4.74 Å². The molecule has 0 bridgehead atoms. The minimum atomic E-state index is -0.666. The van der Waals surface area contributed by atoms with Gasteiger partial charge in [0.2, 0.25) is 0 Å². The second-order valence-electron chi connectivity index (χ2n) is 8.31. The van der Waals surface area contributed by atoms with Crippen molar-refractivity contribution in [1.82, 2.24) is 18.9 Å². The van der Waals surface area contributed by atoms with Gasteiger partial charge >= 0.3 is 11.7 Å². The van der Waals surface area contributed by atoms with Crippen molar-refractivity contribution in [3.63, 3.8) is 0 Å². The van der Waals surface area contributed by atoms with Crippen LogP contribution in [-0.2, 0) is 29.2 Å². The van der Waals surface area contributed by atoms with Crippen molar-refractivity contribution < 1.29 is 13.9 Å². The summed E-state index contributed by atoms with van der Waals surface area (Å²) >= 11 is 4.55. The fourth-order valence-electron chi connectivity index (χ4n) is 3.99. The number of likely N-dealkylation sites (N-methyl/N-ethyl adjacent to an activating group) is 1. The Hall–Kier alpha value is -2.34. The first-order valence-corrected chi connectivity index (χ1v) is 12.6. The Labute approximate surface area is 208 Å². The molecule has 1 aromatic carbocycles. The Morgan fingerprint density at radius 1 is 1.12 bits per heavy atom. The number of fused-ring (bicyclic) bond motifs is 1. The molecule has 34 heavy (non-hydrogen) atoms. The van der Waals surface area contributed by atoms with Gasteiger partial charge in [0.15, 0.2) is 0 Å². The molecule has 3 heterocycles.